The maximum Gasteiger partial charge on any atom is 0.241 e. The summed E-state index contributed by atoms with van der Waals surface area (Å²) in [4.78, 5) is 14.1. The van der Waals surface area contributed by atoms with E-state index in [2.05, 4.69) is 12.6 Å². The Balaban J connectivity index is 1.80. The average Bonchev–Trinajstić information content (AvgIpc) is 2.97. The van der Waals surface area contributed by atoms with Crippen molar-refractivity contribution in [3.63, 3.8) is 0 Å². The normalized spacial score (nSPS) is 35.8. The molecule has 5 heteroatoms. The molecule has 1 aliphatic heterocycles. The van der Waals surface area contributed by atoms with Crippen molar-refractivity contribution in [1.29, 1.82) is 5.26 Å². The number of amides is 1. The molecule has 4 atom stereocenters. The van der Waals surface area contributed by atoms with Gasteiger partial charge in [-0.1, -0.05) is 13.0 Å². The fraction of sp³-hybridized carbons (Fsp3) is 0.714. The molecular formula is C14H18FN3O. The molecule has 0 spiro atoms. The number of nitriles is 1. The van der Waals surface area contributed by atoms with E-state index in [1.807, 2.05) is 0 Å². The van der Waals surface area contributed by atoms with Crippen molar-refractivity contribution in [3.05, 3.63) is 12.4 Å². The smallest absolute Gasteiger partial charge is 0.241 e. The van der Waals surface area contributed by atoms with Crippen LogP contribution in [0.5, 0.6) is 0 Å². The van der Waals surface area contributed by atoms with Gasteiger partial charge >= 0.3 is 0 Å². The number of rotatable bonds is 3. The van der Waals surface area contributed by atoms with Crippen LogP contribution in [0.3, 0.4) is 0 Å². The van der Waals surface area contributed by atoms with Gasteiger partial charge in [0.1, 0.15) is 11.9 Å². The van der Waals surface area contributed by atoms with Crippen LogP contribution in [-0.2, 0) is 4.79 Å². The van der Waals surface area contributed by atoms with Crippen LogP contribution in [0.1, 0.15) is 32.1 Å². The van der Waals surface area contributed by atoms with Gasteiger partial charge in [-0.2, -0.15) is 5.26 Å². The number of fused-ring (bicyclic) bond motifs is 1. The second kappa shape index (κ2) is 4.04. The minimum absolute atomic E-state index is 0.160. The minimum Gasteiger partial charge on any atom is -0.322 e. The number of nitrogens with zero attached hydrogens (tertiary/aromatic N) is 2. The molecule has 0 aromatic heterocycles. The predicted octanol–water partition coefficient (Wildman–Crippen LogP) is 1.48. The van der Waals surface area contributed by atoms with Gasteiger partial charge in [0.15, 0.2) is 0 Å². The molecule has 1 amide bonds. The van der Waals surface area contributed by atoms with Crippen LogP contribution in [0.4, 0.5) is 4.39 Å². The lowest BCUT2D eigenvalue weighted by molar-refractivity contribution is -0.138. The predicted molar refractivity (Wildman–Crippen MR) is 67.3 cm³/mol. The summed E-state index contributed by atoms with van der Waals surface area (Å²) >= 11 is 0. The van der Waals surface area contributed by atoms with Crippen molar-refractivity contribution in [1.82, 2.24) is 4.90 Å². The molecule has 0 bridgehead atoms. The van der Waals surface area contributed by atoms with Crippen LogP contribution in [0.15, 0.2) is 12.4 Å². The van der Waals surface area contributed by atoms with E-state index in [1.165, 1.54) is 0 Å². The molecule has 3 fully saturated rings. The van der Waals surface area contributed by atoms with E-state index < -0.39 is 17.3 Å². The number of piperidine rings is 1. The molecule has 2 saturated carbocycles. The average molecular weight is 263 g/mol. The molecule has 0 aromatic rings. The lowest BCUT2D eigenvalue weighted by atomic mass is 9.63. The van der Waals surface area contributed by atoms with Gasteiger partial charge in [-0.25, -0.2) is 4.39 Å². The second-order valence-corrected chi connectivity index (χ2v) is 6.08. The van der Waals surface area contributed by atoms with Crippen molar-refractivity contribution >= 4 is 5.91 Å². The Labute approximate surface area is 112 Å². The van der Waals surface area contributed by atoms with Crippen molar-refractivity contribution in [2.45, 2.75) is 50.2 Å². The number of hydrogen-bond acceptors (Lipinski definition) is 3. The highest BCUT2D eigenvalue weighted by Crippen LogP contribution is 2.52. The highest BCUT2D eigenvalue weighted by atomic mass is 19.1. The lowest BCUT2D eigenvalue weighted by Crippen LogP contribution is -2.57. The summed E-state index contributed by atoms with van der Waals surface area (Å²) in [7, 11) is 0. The topological polar surface area (TPSA) is 70.1 Å². The SMILES string of the molecule is C=C(F)C1(C(N)C(=O)N2[C@H](C#N)C[C@@H]3C[C@@H]32)CCC1. The Bertz CT molecular complexity index is 480. The third-order valence-electron chi connectivity index (χ3n) is 5.16. The van der Waals surface area contributed by atoms with Gasteiger partial charge in [-0.3, -0.25) is 4.79 Å². The van der Waals surface area contributed by atoms with Gasteiger partial charge in [0.2, 0.25) is 5.91 Å². The summed E-state index contributed by atoms with van der Waals surface area (Å²) in [5.74, 6) is -0.304. The van der Waals surface area contributed by atoms with Gasteiger partial charge in [0.25, 0.3) is 0 Å². The summed E-state index contributed by atoms with van der Waals surface area (Å²) in [6.45, 7) is 3.37. The first-order valence-corrected chi connectivity index (χ1v) is 6.83. The number of carbonyl (C=O) groups is 1. The Morgan fingerprint density at radius 1 is 1.53 bits per heavy atom. The van der Waals surface area contributed by atoms with Crippen molar-refractivity contribution in [2.24, 2.45) is 17.1 Å². The highest BCUT2D eigenvalue weighted by Gasteiger charge is 2.58. The maximum absolute atomic E-state index is 13.7. The van der Waals surface area contributed by atoms with Gasteiger partial charge < -0.3 is 10.6 Å². The fourth-order valence-corrected chi connectivity index (χ4v) is 3.59. The molecule has 4 nitrogen and oxygen atoms in total. The zero-order chi connectivity index (χ0) is 13.8. The second-order valence-electron chi connectivity index (χ2n) is 6.08. The van der Waals surface area contributed by atoms with Gasteiger partial charge in [0.05, 0.1) is 12.1 Å². The first kappa shape index (κ1) is 12.6. The van der Waals surface area contributed by atoms with E-state index in [0.717, 1.165) is 19.3 Å². The van der Waals surface area contributed by atoms with Crippen molar-refractivity contribution in [3.8, 4) is 6.07 Å². The molecular weight excluding hydrogens is 245 g/mol. The van der Waals surface area contributed by atoms with Gasteiger partial charge in [-0.05, 0) is 31.6 Å². The first-order chi connectivity index (χ1) is 9.01. The summed E-state index contributed by atoms with van der Waals surface area (Å²) < 4.78 is 13.7. The van der Waals surface area contributed by atoms with E-state index in [1.54, 1.807) is 4.90 Å². The molecule has 1 heterocycles. The lowest BCUT2D eigenvalue weighted by Gasteiger charge is -2.45. The number of halogens is 1. The Morgan fingerprint density at radius 3 is 2.68 bits per heavy atom. The third kappa shape index (κ3) is 1.63. The number of nitrogens with two attached hydrogens (primary N) is 1. The van der Waals surface area contributed by atoms with E-state index in [4.69, 9.17) is 11.0 Å². The molecule has 1 unspecified atom stereocenters. The maximum atomic E-state index is 13.7. The summed E-state index contributed by atoms with van der Waals surface area (Å²) in [6, 6.07) is 1.04. The quantitative estimate of drug-likeness (QED) is 0.838. The van der Waals surface area contributed by atoms with E-state index in [0.29, 0.717) is 18.8 Å². The standard InChI is InChI=1S/C14H18FN3O/c1-8(15)14(3-2-4-14)12(17)13(19)18-10(7-16)5-9-6-11(9)18/h9-12H,1-6,17H2/t9-,10+,11+,12?/m1/s1. The van der Waals surface area contributed by atoms with Crippen LogP contribution in [0.25, 0.3) is 0 Å². The summed E-state index contributed by atoms with van der Waals surface area (Å²) in [5.41, 5.74) is 5.15. The fourth-order valence-electron chi connectivity index (χ4n) is 3.59. The Hall–Kier alpha value is -1.41. The molecule has 2 N–H and O–H groups in total. The number of hydrogen-bond donors (Lipinski definition) is 1. The monoisotopic (exact) mass is 263 g/mol. The highest BCUT2D eigenvalue weighted by molar-refractivity contribution is 5.85. The molecule has 3 rings (SSSR count). The van der Waals surface area contributed by atoms with Crippen LogP contribution >= 0.6 is 0 Å². The van der Waals surface area contributed by atoms with E-state index >= 15 is 0 Å². The van der Waals surface area contributed by atoms with Crippen LogP contribution < -0.4 is 5.73 Å². The van der Waals surface area contributed by atoms with Crippen molar-refractivity contribution < 1.29 is 9.18 Å². The molecule has 19 heavy (non-hydrogen) atoms. The Kier molecular flexibility index (Phi) is 2.68. The minimum atomic E-state index is -0.894. The summed E-state index contributed by atoms with van der Waals surface area (Å²) in [5, 5.41) is 9.11. The number of carbonyl (C=O) groups excluding carboxylic acids is 1. The molecule has 3 aliphatic rings. The zero-order valence-electron chi connectivity index (χ0n) is 10.8. The zero-order valence-corrected chi connectivity index (χ0v) is 10.8. The number of likely N-dealkylation sites (tertiary alicyclic amines) is 1. The largest absolute Gasteiger partial charge is 0.322 e. The van der Waals surface area contributed by atoms with Gasteiger partial charge in [0, 0.05) is 11.5 Å². The van der Waals surface area contributed by atoms with Crippen LogP contribution in [0, 0.1) is 22.7 Å². The Morgan fingerprint density at radius 2 is 2.21 bits per heavy atom. The molecule has 1 saturated heterocycles. The van der Waals surface area contributed by atoms with E-state index in [9.17, 15) is 9.18 Å². The third-order valence-corrected chi connectivity index (χ3v) is 5.16. The van der Waals surface area contributed by atoms with Crippen molar-refractivity contribution in [2.75, 3.05) is 0 Å². The molecule has 0 radical (unpaired) electrons. The summed E-state index contributed by atoms with van der Waals surface area (Å²) in [6.07, 6.45) is 3.73. The van der Waals surface area contributed by atoms with E-state index in [-0.39, 0.29) is 18.0 Å². The molecule has 2 aliphatic carbocycles. The molecule has 0 aromatic carbocycles. The van der Waals surface area contributed by atoms with Crippen LogP contribution in [-0.4, -0.2) is 28.9 Å². The van der Waals surface area contributed by atoms with Crippen LogP contribution in [0.2, 0.25) is 0 Å². The first-order valence-electron chi connectivity index (χ1n) is 6.83. The van der Waals surface area contributed by atoms with Gasteiger partial charge in [-0.15, -0.1) is 0 Å². The molecule has 102 valence electrons.